The number of hydrogen-bond donors (Lipinski definition) is 1. The molecule has 0 aliphatic rings. The molecule has 0 radical (unpaired) electrons. The molecule has 0 saturated heterocycles. The minimum absolute atomic E-state index is 0.0800. The van der Waals surface area contributed by atoms with E-state index in [2.05, 4.69) is 4.98 Å². The summed E-state index contributed by atoms with van der Waals surface area (Å²) >= 11 is 17.2. The molecule has 0 saturated carbocycles. The number of aromatic amines is 1. The Labute approximate surface area is 144 Å². The van der Waals surface area contributed by atoms with Gasteiger partial charge < -0.3 is 4.98 Å². The third-order valence-electron chi connectivity index (χ3n) is 3.24. The summed E-state index contributed by atoms with van der Waals surface area (Å²) in [6.45, 7) is 0. The van der Waals surface area contributed by atoms with E-state index in [1.165, 1.54) is 41.0 Å². The molecular weight excluding hydrogens is 361 g/mol. The molecule has 0 spiro atoms. The number of rotatable bonds is 2. The molecule has 1 heterocycles. The summed E-state index contributed by atoms with van der Waals surface area (Å²) in [5.74, 6) is 0. The standard InChI is InChI=1S/C14H7Cl2N3O3S/c15-7-5-10-12(11(16)6-7)17-14(23)18(13(10)20)8-1-3-9(4-2-8)19(21)22/h1-6H,(H,17,23). The molecule has 2 aromatic carbocycles. The molecule has 9 heteroatoms. The number of non-ortho nitro benzene ring substituents is 1. The summed E-state index contributed by atoms with van der Waals surface area (Å²) in [6, 6.07) is 8.48. The van der Waals surface area contributed by atoms with Crippen LogP contribution >= 0.6 is 35.4 Å². The van der Waals surface area contributed by atoms with E-state index in [1.54, 1.807) is 0 Å². The molecule has 0 aliphatic carbocycles. The first-order chi connectivity index (χ1) is 10.9. The van der Waals surface area contributed by atoms with Gasteiger partial charge in [-0.05, 0) is 36.5 Å². The number of fused-ring (bicyclic) bond motifs is 1. The van der Waals surface area contributed by atoms with Crippen molar-refractivity contribution >= 4 is 52.0 Å². The number of nitrogens with zero attached hydrogens (tertiary/aromatic N) is 2. The van der Waals surface area contributed by atoms with Crippen LogP contribution in [0.4, 0.5) is 5.69 Å². The number of hydrogen-bond acceptors (Lipinski definition) is 4. The average molecular weight is 368 g/mol. The van der Waals surface area contributed by atoms with E-state index in [-0.39, 0.29) is 20.9 Å². The van der Waals surface area contributed by atoms with Crippen molar-refractivity contribution in [2.45, 2.75) is 0 Å². The Kier molecular flexibility index (Phi) is 3.93. The minimum atomic E-state index is -0.521. The molecule has 0 bridgehead atoms. The van der Waals surface area contributed by atoms with Crippen molar-refractivity contribution < 1.29 is 4.92 Å². The van der Waals surface area contributed by atoms with Crippen LogP contribution < -0.4 is 5.56 Å². The molecule has 3 aromatic rings. The highest BCUT2D eigenvalue weighted by Crippen LogP contribution is 2.25. The summed E-state index contributed by atoms with van der Waals surface area (Å²) in [7, 11) is 0. The lowest BCUT2D eigenvalue weighted by atomic mass is 10.2. The molecule has 0 atom stereocenters. The van der Waals surface area contributed by atoms with Crippen LogP contribution in [0.3, 0.4) is 0 Å². The second-order valence-electron chi connectivity index (χ2n) is 4.65. The minimum Gasteiger partial charge on any atom is -0.330 e. The van der Waals surface area contributed by atoms with E-state index in [4.69, 9.17) is 35.4 Å². The van der Waals surface area contributed by atoms with E-state index in [0.29, 0.717) is 16.2 Å². The zero-order chi connectivity index (χ0) is 16.7. The zero-order valence-electron chi connectivity index (χ0n) is 11.2. The molecule has 1 N–H and O–H groups in total. The molecule has 0 amide bonds. The Balaban J connectivity index is 2.32. The topological polar surface area (TPSA) is 80.9 Å². The fourth-order valence-corrected chi connectivity index (χ4v) is 3.03. The van der Waals surface area contributed by atoms with E-state index < -0.39 is 10.5 Å². The summed E-state index contributed by atoms with van der Waals surface area (Å²) in [6.07, 6.45) is 0. The Morgan fingerprint density at radius 1 is 1.17 bits per heavy atom. The molecule has 6 nitrogen and oxygen atoms in total. The average Bonchev–Trinajstić information content (AvgIpc) is 2.49. The highest BCUT2D eigenvalue weighted by atomic mass is 35.5. The van der Waals surface area contributed by atoms with Crippen LogP contribution in [0.15, 0.2) is 41.2 Å². The quantitative estimate of drug-likeness (QED) is 0.416. The maximum atomic E-state index is 12.7. The summed E-state index contributed by atoms with van der Waals surface area (Å²) < 4.78 is 1.36. The molecule has 1 aromatic heterocycles. The van der Waals surface area contributed by atoms with Crippen LogP contribution in [0.2, 0.25) is 10.0 Å². The summed E-state index contributed by atoms with van der Waals surface area (Å²) in [4.78, 5) is 25.8. The van der Waals surface area contributed by atoms with Crippen LogP contribution in [-0.2, 0) is 0 Å². The number of halogens is 2. The fourth-order valence-electron chi connectivity index (χ4n) is 2.20. The normalized spacial score (nSPS) is 10.9. The van der Waals surface area contributed by atoms with Gasteiger partial charge in [0.1, 0.15) is 0 Å². The van der Waals surface area contributed by atoms with Crippen LogP contribution in [0.1, 0.15) is 0 Å². The van der Waals surface area contributed by atoms with Gasteiger partial charge >= 0.3 is 0 Å². The first-order valence-corrected chi connectivity index (χ1v) is 7.44. The molecule has 0 aliphatic heterocycles. The van der Waals surface area contributed by atoms with Gasteiger partial charge in [-0.1, -0.05) is 23.2 Å². The second kappa shape index (κ2) is 5.77. The van der Waals surface area contributed by atoms with Gasteiger partial charge in [0.25, 0.3) is 11.2 Å². The SMILES string of the molecule is O=c1c2cc(Cl)cc(Cl)c2[nH]c(=S)n1-c1ccc([N+](=O)[O-])cc1. The third-order valence-corrected chi connectivity index (χ3v) is 4.04. The van der Waals surface area contributed by atoms with E-state index in [1.807, 2.05) is 0 Å². The number of nitrogens with one attached hydrogen (secondary N) is 1. The fraction of sp³-hybridized carbons (Fsp3) is 0. The third kappa shape index (κ3) is 2.74. The predicted octanol–water partition coefficient (Wildman–Crippen LogP) is 4.26. The van der Waals surface area contributed by atoms with Crippen molar-refractivity contribution in [1.82, 2.24) is 9.55 Å². The maximum absolute atomic E-state index is 12.7. The number of nitro groups is 1. The van der Waals surface area contributed by atoms with Gasteiger partial charge in [-0.25, -0.2) is 0 Å². The van der Waals surface area contributed by atoms with Crippen molar-refractivity contribution in [1.29, 1.82) is 0 Å². The Hall–Kier alpha value is -2.22. The van der Waals surface area contributed by atoms with Gasteiger partial charge in [-0.2, -0.15) is 0 Å². The van der Waals surface area contributed by atoms with Crippen LogP contribution in [0.5, 0.6) is 0 Å². The Morgan fingerprint density at radius 3 is 2.43 bits per heavy atom. The van der Waals surface area contributed by atoms with E-state index in [9.17, 15) is 14.9 Å². The lowest BCUT2D eigenvalue weighted by molar-refractivity contribution is -0.384. The number of benzene rings is 2. The van der Waals surface area contributed by atoms with Gasteiger partial charge in [-0.3, -0.25) is 19.5 Å². The summed E-state index contributed by atoms with van der Waals surface area (Å²) in [5.41, 5.74) is 0.301. The second-order valence-corrected chi connectivity index (χ2v) is 5.88. The van der Waals surface area contributed by atoms with Crippen molar-refractivity contribution in [2.24, 2.45) is 0 Å². The van der Waals surface area contributed by atoms with E-state index >= 15 is 0 Å². The van der Waals surface area contributed by atoms with Crippen molar-refractivity contribution in [3.63, 3.8) is 0 Å². The van der Waals surface area contributed by atoms with Crippen molar-refractivity contribution in [2.75, 3.05) is 0 Å². The molecule has 23 heavy (non-hydrogen) atoms. The number of aromatic nitrogens is 2. The lowest BCUT2D eigenvalue weighted by Gasteiger charge is -2.09. The molecular formula is C14H7Cl2N3O3S. The van der Waals surface area contributed by atoms with Crippen LogP contribution in [0.25, 0.3) is 16.6 Å². The summed E-state index contributed by atoms with van der Waals surface area (Å²) in [5, 5.41) is 11.6. The zero-order valence-corrected chi connectivity index (χ0v) is 13.6. The number of nitro benzene ring substituents is 1. The Morgan fingerprint density at radius 2 is 1.83 bits per heavy atom. The number of H-pyrrole nitrogens is 1. The molecule has 3 rings (SSSR count). The van der Waals surface area contributed by atoms with Gasteiger partial charge in [0, 0.05) is 17.2 Å². The smallest absolute Gasteiger partial charge is 0.269 e. The van der Waals surface area contributed by atoms with Crippen molar-refractivity contribution in [3.8, 4) is 5.69 Å². The monoisotopic (exact) mass is 367 g/mol. The van der Waals surface area contributed by atoms with Gasteiger partial charge in [0.15, 0.2) is 4.77 Å². The van der Waals surface area contributed by atoms with Gasteiger partial charge in [0.05, 0.1) is 26.5 Å². The first kappa shape index (κ1) is 15.7. The lowest BCUT2D eigenvalue weighted by Crippen LogP contribution is -2.20. The highest BCUT2D eigenvalue weighted by Gasteiger charge is 2.12. The first-order valence-electron chi connectivity index (χ1n) is 6.27. The van der Waals surface area contributed by atoms with Crippen LogP contribution in [-0.4, -0.2) is 14.5 Å². The predicted molar refractivity (Wildman–Crippen MR) is 91.4 cm³/mol. The maximum Gasteiger partial charge on any atom is 0.269 e. The van der Waals surface area contributed by atoms with Crippen molar-refractivity contribution in [3.05, 3.63) is 71.7 Å². The van der Waals surface area contributed by atoms with Gasteiger partial charge in [0.2, 0.25) is 0 Å². The molecule has 116 valence electrons. The van der Waals surface area contributed by atoms with Gasteiger partial charge in [-0.15, -0.1) is 0 Å². The largest absolute Gasteiger partial charge is 0.330 e. The van der Waals surface area contributed by atoms with E-state index in [0.717, 1.165) is 0 Å². The Bertz CT molecular complexity index is 1060. The molecule has 0 unspecified atom stereocenters. The highest BCUT2D eigenvalue weighted by molar-refractivity contribution is 7.71. The molecule has 0 fully saturated rings. The van der Waals surface area contributed by atoms with Crippen LogP contribution in [0, 0.1) is 14.9 Å².